The zero-order valence-electron chi connectivity index (χ0n) is 18.8. The Hall–Kier alpha value is -2.87. The number of likely N-dealkylation sites (N-methyl/N-ethyl adjacent to an activating group) is 1. The van der Waals surface area contributed by atoms with Gasteiger partial charge in [-0.3, -0.25) is 9.59 Å². The summed E-state index contributed by atoms with van der Waals surface area (Å²) in [6.07, 6.45) is 4.17. The van der Waals surface area contributed by atoms with Crippen molar-refractivity contribution in [3.63, 3.8) is 0 Å². The van der Waals surface area contributed by atoms with Gasteiger partial charge in [-0.1, -0.05) is 41.4 Å². The number of carboxylic acids is 1. The Balaban J connectivity index is 1.80. The fourth-order valence-electron chi connectivity index (χ4n) is 3.94. The van der Waals surface area contributed by atoms with E-state index >= 15 is 0 Å². The molecule has 7 nitrogen and oxygen atoms in total. The molecule has 2 aromatic carbocycles. The number of carbonyl (C=O) groups is 3. The summed E-state index contributed by atoms with van der Waals surface area (Å²) >= 11 is 12.1. The van der Waals surface area contributed by atoms with E-state index in [4.69, 9.17) is 28.3 Å². The average molecular weight is 504 g/mol. The van der Waals surface area contributed by atoms with Gasteiger partial charge in [-0.05, 0) is 61.3 Å². The third-order valence-corrected chi connectivity index (χ3v) is 6.49. The molecule has 2 N–H and O–H groups in total. The SMILES string of the molecule is CN(C(=O)Cc1ccc(Cl)c(Cl)c1)[C@H](CN1CCCC1)c1cccc(NC(=O)/C=C/C(=O)O)c1. The smallest absolute Gasteiger partial charge is 0.328 e. The van der Waals surface area contributed by atoms with Crippen LogP contribution in [0.1, 0.15) is 30.0 Å². The minimum Gasteiger partial charge on any atom is -0.478 e. The van der Waals surface area contributed by atoms with E-state index in [1.165, 1.54) is 0 Å². The summed E-state index contributed by atoms with van der Waals surface area (Å²) in [5, 5.41) is 12.2. The van der Waals surface area contributed by atoms with Crippen molar-refractivity contribution in [2.24, 2.45) is 0 Å². The molecule has 1 atom stereocenters. The van der Waals surface area contributed by atoms with Crippen LogP contribution in [0.15, 0.2) is 54.6 Å². The second-order valence-electron chi connectivity index (χ2n) is 8.24. The van der Waals surface area contributed by atoms with E-state index in [1.807, 2.05) is 12.1 Å². The fourth-order valence-corrected chi connectivity index (χ4v) is 4.26. The number of carbonyl (C=O) groups excluding carboxylic acids is 2. The maximum Gasteiger partial charge on any atom is 0.328 e. The number of nitrogens with zero attached hydrogens (tertiary/aromatic N) is 2. The predicted octanol–water partition coefficient (Wildman–Crippen LogP) is 4.41. The lowest BCUT2D eigenvalue weighted by Gasteiger charge is -2.32. The van der Waals surface area contributed by atoms with Crippen LogP contribution in [0.2, 0.25) is 10.0 Å². The molecule has 0 radical (unpaired) electrons. The number of nitrogens with one attached hydrogen (secondary N) is 1. The van der Waals surface area contributed by atoms with Gasteiger partial charge in [-0.2, -0.15) is 0 Å². The molecule has 0 aromatic heterocycles. The number of halogens is 2. The van der Waals surface area contributed by atoms with Gasteiger partial charge < -0.3 is 20.2 Å². The van der Waals surface area contributed by atoms with Gasteiger partial charge in [0.1, 0.15) is 0 Å². The topological polar surface area (TPSA) is 90.0 Å². The second kappa shape index (κ2) is 12.0. The highest BCUT2D eigenvalue weighted by Gasteiger charge is 2.26. The summed E-state index contributed by atoms with van der Waals surface area (Å²) in [6, 6.07) is 12.2. The summed E-state index contributed by atoms with van der Waals surface area (Å²) in [4.78, 5) is 39.9. The van der Waals surface area contributed by atoms with Crippen LogP contribution >= 0.6 is 23.2 Å². The maximum atomic E-state index is 13.2. The van der Waals surface area contributed by atoms with Crippen molar-refractivity contribution in [2.75, 3.05) is 32.0 Å². The van der Waals surface area contributed by atoms with Gasteiger partial charge >= 0.3 is 5.97 Å². The van der Waals surface area contributed by atoms with Crippen LogP contribution in [0.25, 0.3) is 0 Å². The Morgan fingerprint density at radius 1 is 1.09 bits per heavy atom. The molecule has 3 rings (SSSR count). The number of aliphatic carboxylic acids is 1. The van der Waals surface area contributed by atoms with Gasteiger partial charge in [-0.15, -0.1) is 0 Å². The summed E-state index contributed by atoms with van der Waals surface area (Å²) in [7, 11) is 1.78. The molecular formula is C25H27Cl2N3O4. The van der Waals surface area contributed by atoms with E-state index in [0.717, 1.165) is 49.2 Å². The molecule has 34 heavy (non-hydrogen) atoms. The van der Waals surface area contributed by atoms with Crippen molar-refractivity contribution in [1.82, 2.24) is 9.80 Å². The lowest BCUT2D eigenvalue weighted by atomic mass is 10.0. The van der Waals surface area contributed by atoms with Gasteiger partial charge in [0.2, 0.25) is 11.8 Å². The lowest BCUT2D eigenvalue weighted by Crippen LogP contribution is -2.39. The van der Waals surface area contributed by atoms with Gasteiger partial charge in [0, 0.05) is 31.4 Å². The van der Waals surface area contributed by atoms with Crippen molar-refractivity contribution in [3.8, 4) is 0 Å². The summed E-state index contributed by atoms with van der Waals surface area (Å²) in [5.74, 6) is -1.81. The summed E-state index contributed by atoms with van der Waals surface area (Å²) in [6.45, 7) is 2.61. The highest BCUT2D eigenvalue weighted by atomic mass is 35.5. The standard InChI is InChI=1S/C25H27Cl2N3O4/c1-29(24(32)14-17-7-8-20(26)21(27)13-17)22(16-30-11-2-3-12-30)18-5-4-6-19(15-18)28-23(31)9-10-25(33)34/h4-10,13,15,22H,2-3,11-12,14,16H2,1H3,(H,28,31)(H,33,34)/b10-9+/t22-/m1/s1. The second-order valence-corrected chi connectivity index (χ2v) is 9.05. The number of likely N-dealkylation sites (tertiary alicyclic amines) is 1. The van der Waals surface area contributed by atoms with Gasteiger partial charge in [0.15, 0.2) is 0 Å². The fraction of sp³-hybridized carbons (Fsp3) is 0.320. The van der Waals surface area contributed by atoms with E-state index < -0.39 is 11.9 Å². The van der Waals surface area contributed by atoms with Crippen LogP contribution in [0.3, 0.4) is 0 Å². The molecule has 0 bridgehead atoms. The number of anilines is 1. The molecular weight excluding hydrogens is 477 g/mol. The van der Waals surface area contributed by atoms with Gasteiger partial charge in [0.05, 0.1) is 22.5 Å². The molecule has 0 unspecified atom stereocenters. The Morgan fingerprint density at radius 2 is 1.82 bits per heavy atom. The molecule has 0 spiro atoms. The van der Waals surface area contributed by atoms with E-state index in [9.17, 15) is 14.4 Å². The maximum absolute atomic E-state index is 13.2. The molecule has 9 heteroatoms. The van der Waals surface area contributed by atoms with Crippen molar-refractivity contribution in [1.29, 1.82) is 0 Å². The minimum absolute atomic E-state index is 0.0681. The number of carboxylic acid groups (broad SMARTS) is 1. The first-order chi connectivity index (χ1) is 16.2. The number of hydrogen-bond acceptors (Lipinski definition) is 4. The largest absolute Gasteiger partial charge is 0.478 e. The first-order valence-electron chi connectivity index (χ1n) is 11.0. The monoisotopic (exact) mass is 503 g/mol. The lowest BCUT2D eigenvalue weighted by molar-refractivity contribution is -0.132. The molecule has 180 valence electrons. The Labute approximate surface area is 208 Å². The summed E-state index contributed by atoms with van der Waals surface area (Å²) < 4.78 is 0. The Bertz CT molecular complexity index is 1080. The quantitative estimate of drug-likeness (QED) is 0.494. The van der Waals surface area contributed by atoms with Crippen LogP contribution in [0.5, 0.6) is 0 Å². The predicted molar refractivity (Wildman–Crippen MR) is 133 cm³/mol. The highest BCUT2D eigenvalue weighted by molar-refractivity contribution is 6.42. The molecule has 1 saturated heterocycles. The number of amides is 2. The van der Waals surface area contributed by atoms with Gasteiger partial charge in [-0.25, -0.2) is 4.79 Å². The molecule has 2 amide bonds. The Kier molecular flexibility index (Phi) is 9.10. The zero-order valence-corrected chi connectivity index (χ0v) is 20.4. The zero-order chi connectivity index (χ0) is 24.7. The van der Waals surface area contributed by atoms with E-state index in [0.29, 0.717) is 22.3 Å². The molecule has 0 saturated carbocycles. The van der Waals surface area contributed by atoms with Crippen LogP contribution in [-0.2, 0) is 20.8 Å². The number of hydrogen-bond donors (Lipinski definition) is 2. The number of rotatable bonds is 9. The van der Waals surface area contributed by atoms with Crippen LogP contribution < -0.4 is 5.32 Å². The van der Waals surface area contributed by atoms with Crippen molar-refractivity contribution < 1.29 is 19.5 Å². The van der Waals surface area contributed by atoms with Gasteiger partial charge in [0.25, 0.3) is 0 Å². The Morgan fingerprint density at radius 3 is 2.50 bits per heavy atom. The summed E-state index contributed by atoms with van der Waals surface area (Å²) in [5.41, 5.74) is 2.17. The highest BCUT2D eigenvalue weighted by Crippen LogP contribution is 2.27. The van der Waals surface area contributed by atoms with E-state index in [2.05, 4.69) is 10.2 Å². The normalized spacial score (nSPS) is 14.8. The first kappa shape index (κ1) is 25.7. The molecule has 1 aliphatic heterocycles. The van der Waals surface area contributed by atoms with Crippen molar-refractivity contribution in [2.45, 2.75) is 25.3 Å². The van der Waals surface area contributed by atoms with E-state index in [-0.39, 0.29) is 18.4 Å². The average Bonchev–Trinajstić information content (AvgIpc) is 3.31. The third kappa shape index (κ3) is 7.32. The van der Waals surface area contributed by atoms with Crippen LogP contribution in [0, 0.1) is 0 Å². The molecule has 1 aliphatic rings. The molecule has 1 fully saturated rings. The molecule has 0 aliphatic carbocycles. The number of benzene rings is 2. The molecule has 1 heterocycles. The van der Waals surface area contributed by atoms with Crippen molar-refractivity contribution in [3.05, 3.63) is 75.8 Å². The minimum atomic E-state index is -1.20. The van der Waals surface area contributed by atoms with Crippen molar-refractivity contribution >= 4 is 46.7 Å². The van der Waals surface area contributed by atoms with Crippen LogP contribution in [-0.4, -0.2) is 59.4 Å². The van der Waals surface area contributed by atoms with E-state index in [1.54, 1.807) is 42.3 Å². The third-order valence-electron chi connectivity index (χ3n) is 5.75. The van der Waals surface area contributed by atoms with Crippen LogP contribution in [0.4, 0.5) is 5.69 Å². The molecule has 2 aromatic rings. The first-order valence-corrected chi connectivity index (χ1v) is 11.7.